The molecule has 0 aliphatic rings. The highest BCUT2D eigenvalue weighted by Crippen LogP contribution is 2.05. The molecule has 2 N–H and O–H groups in total. The van der Waals surface area contributed by atoms with Gasteiger partial charge in [-0.25, -0.2) is 9.97 Å². The summed E-state index contributed by atoms with van der Waals surface area (Å²) >= 11 is 0. The molecule has 1 heterocycles. The molecule has 0 unspecified atom stereocenters. The molecule has 0 saturated carbocycles. The van der Waals surface area contributed by atoms with Crippen LogP contribution >= 0.6 is 0 Å². The van der Waals surface area contributed by atoms with Crippen LogP contribution in [0.15, 0.2) is 6.33 Å². The number of carbonyl (C=O) groups excluding carboxylic acids is 1. The summed E-state index contributed by atoms with van der Waals surface area (Å²) in [6, 6.07) is 0. The van der Waals surface area contributed by atoms with Gasteiger partial charge in [0.05, 0.1) is 17.0 Å². The summed E-state index contributed by atoms with van der Waals surface area (Å²) in [5.74, 6) is -0.472. The molecule has 0 aliphatic carbocycles. The Morgan fingerprint density at radius 3 is 2.09 bits per heavy atom. The third-order valence-corrected chi connectivity index (χ3v) is 1.47. The highest BCUT2D eigenvalue weighted by atomic mass is 16.1. The van der Waals surface area contributed by atoms with Crippen molar-refractivity contribution in [3.8, 4) is 0 Å². The standard InChI is InChI=1S/C7H9N3O/c1-4-6(7(8)11)5(2)10-3-9-4/h3H,1-2H3,(H2,8,11). The third-order valence-electron chi connectivity index (χ3n) is 1.47. The van der Waals surface area contributed by atoms with Crippen molar-refractivity contribution in [3.05, 3.63) is 23.3 Å². The van der Waals surface area contributed by atoms with Crippen molar-refractivity contribution in [3.63, 3.8) is 0 Å². The molecule has 0 saturated heterocycles. The number of amides is 1. The van der Waals surface area contributed by atoms with Gasteiger partial charge in [-0.3, -0.25) is 4.79 Å². The van der Waals surface area contributed by atoms with Crippen LogP contribution in [-0.4, -0.2) is 15.9 Å². The van der Waals surface area contributed by atoms with Gasteiger partial charge in [0, 0.05) is 0 Å². The summed E-state index contributed by atoms with van der Waals surface area (Å²) in [4.78, 5) is 18.5. The zero-order valence-electron chi connectivity index (χ0n) is 6.46. The summed E-state index contributed by atoms with van der Waals surface area (Å²) in [6.45, 7) is 3.46. The Bertz CT molecular complexity index is 275. The second-order valence-corrected chi connectivity index (χ2v) is 2.28. The molecule has 0 aromatic carbocycles. The van der Waals surface area contributed by atoms with E-state index in [1.54, 1.807) is 13.8 Å². The Balaban J connectivity index is 3.32. The molecule has 0 bridgehead atoms. The maximum atomic E-state index is 10.8. The molecule has 1 aromatic rings. The summed E-state index contributed by atoms with van der Waals surface area (Å²) in [5, 5.41) is 0. The maximum Gasteiger partial charge on any atom is 0.252 e. The quantitative estimate of drug-likeness (QED) is 0.623. The van der Waals surface area contributed by atoms with E-state index < -0.39 is 5.91 Å². The Kier molecular flexibility index (Phi) is 1.85. The molecule has 0 fully saturated rings. The predicted molar refractivity (Wildman–Crippen MR) is 40.0 cm³/mol. The average Bonchev–Trinajstić information content (AvgIpc) is 1.85. The molecular formula is C7H9N3O. The zero-order valence-corrected chi connectivity index (χ0v) is 6.46. The van der Waals surface area contributed by atoms with Crippen molar-refractivity contribution in [2.24, 2.45) is 5.73 Å². The zero-order chi connectivity index (χ0) is 8.43. The van der Waals surface area contributed by atoms with Crippen molar-refractivity contribution in [1.29, 1.82) is 0 Å². The second-order valence-electron chi connectivity index (χ2n) is 2.28. The van der Waals surface area contributed by atoms with Gasteiger partial charge in [-0.05, 0) is 13.8 Å². The van der Waals surface area contributed by atoms with E-state index >= 15 is 0 Å². The van der Waals surface area contributed by atoms with Crippen molar-refractivity contribution in [2.45, 2.75) is 13.8 Å². The second kappa shape index (κ2) is 2.65. The largest absolute Gasteiger partial charge is 0.365 e. The van der Waals surface area contributed by atoms with Gasteiger partial charge in [-0.1, -0.05) is 0 Å². The number of primary amides is 1. The molecule has 0 radical (unpaired) electrons. The first-order valence-electron chi connectivity index (χ1n) is 3.21. The number of hydrogen-bond acceptors (Lipinski definition) is 3. The fourth-order valence-corrected chi connectivity index (χ4v) is 0.950. The minimum Gasteiger partial charge on any atom is -0.365 e. The van der Waals surface area contributed by atoms with E-state index in [0.717, 1.165) is 0 Å². The number of rotatable bonds is 1. The lowest BCUT2D eigenvalue weighted by Crippen LogP contribution is -2.16. The van der Waals surface area contributed by atoms with Crippen molar-refractivity contribution in [2.75, 3.05) is 0 Å². The summed E-state index contributed by atoms with van der Waals surface area (Å²) in [6.07, 6.45) is 1.41. The van der Waals surface area contributed by atoms with Crippen molar-refractivity contribution < 1.29 is 4.79 Å². The molecule has 1 rings (SSSR count). The van der Waals surface area contributed by atoms with Crippen LogP contribution < -0.4 is 5.73 Å². The predicted octanol–water partition coefficient (Wildman–Crippen LogP) is 0.192. The fourth-order valence-electron chi connectivity index (χ4n) is 0.950. The highest BCUT2D eigenvalue weighted by molar-refractivity contribution is 5.94. The van der Waals surface area contributed by atoms with Gasteiger partial charge in [0.25, 0.3) is 5.91 Å². The number of hydrogen-bond donors (Lipinski definition) is 1. The van der Waals surface area contributed by atoms with Crippen LogP contribution in [0.1, 0.15) is 21.7 Å². The molecule has 58 valence electrons. The van der Waals surface area contributed by atoms with Crippen LogP contribution in [0.5, 0.6) is 0 Å². The first kappa shape index (κ1) is 7.65. The molecule has 0 atom stereocenters. The van der Waals surface area contributed by atoms with Crippen molar-refractivity contribution >= 4 is 5.91 Å². The highest BCUT2D eigenvalue weighted by Gasteiger charge is 2.08. The monoisotopic (exact) mass is 151 g/mol. The lowest BCUT2D eigenvalue weighted by molar-refractivity contribution is 0.0998. The van der Waals surface area contributed by atoms with Gasteiger partial charge in [0.1, 0.15) is 6.33 Å². The average molecular weight is 151 g/mol. The minimum absolute atomic E-state index is 0.424. The Hall–Kier alpha value is -1.45. The summed E-state index contributed by atoms with van der Waals surface area (Å²) in [7, 11) is 0. The number of aromatic nitrogens is 2. The maximum absolute atomic E-state index is 10.8. The van der Waals surface area contributed by atoms with Crippen LogP contribution in [0.3, 0.4) is 0 Å². The molecule has 11 heavy (non-hydrogen) atoms. The SMILES string of the molecule is Cc1ncnc(C)c1C(N)=O. The van der Waals surface area contributed by atoms with Gasteiger partial charge >= 0.3 is 0 Å². The molecular weight excluding hydrogens is 142 g/mol. The van der Waals surface area contributed by atoms with E-state index in [4.69, 9.17) is 5.73 Å². The lowest BCUT2D eigenvalue weighted by atomic mass is 10.2. The minimum atomic E-state index is -0.472. The van der Waals surface area contributed by atoms with Gasteiger partial charge in [0.15, 0.2) is 0 Å². The van der Waals surface area contributed by atoms with Gasteiger partial charge in [-0.15, -0.1) is 0 Å². The third kappa shape index (κ3) is 1.34. The van der Waals surface area contributed by atoms with E-state index in [0.29, 0.717) is 17.0 Å². The van der Waals surface area contributed by atoms with E-state index in [2.05, 4.69) is 9.97 Å². The summed E-state index contributed by atoms with van der Waals surface area (Å²) < 4.78 is 0. The summed E-state index contributed by atoms with van der Waals surface area (Å²) in [5.41, 5.74) is 6.78. The van der Waals surface area contributed by atoms with Crippen molar-refractivity contribution in [1.82, 2.24) is 9.97 Å². The topological polar surface area (TPSA) is 68.9 Å². The Morgan fingerprint density at radius 1 is 1.36 bits per heavy atom. The van der Waals surface area contributed by atoms with Crippen LogP contribution in [0, 0.1) is 13.8 Å². The normalized spacial score (nSPS) is 9.64. The number of carbonyl (C=O) groups is 1. The van der Waals surface area contributed by atoms with Crippen LogP contribution in [-0.2, 0) is 0 Å². The van der Waals surface area contributed by atoms with Gasteiger partial charge in [-0.2, -0.15) is 0 Å². The molecule has 0 aliphatic heterocycles. The van der Waals surface area contributed by atoms with E-state index in [9.17, 15) is 4.79 Å². The molecule has 0 spiro atoms. The lowest BCUT2D eigenvalue weighted by Gasteiger charge is -2.01. The smallest absolute Gasteiger partial charge is 0.252 e. The van der Waals surface area contributed by atoms with E-state index in [1.165, 1.54) is 6.33 Å². The van der Waals surface area contributed by atoms with Crippen LogP contribution in [0.4, 0.5) is 0 Å². The Labute approximate surface area is 64.5 Å². The number of nitrogens with zero attached hydrogens (tertiary/aromatic N) is 2. The number of aryl methyl sites for hydroxylation is 2. The number of nitrogens with two attached hydrogens (primary N) is 1. The first-order chi connectivity index (χ1) is 5.13. The molecule has 1 aromatic heterocycles. The van der Waals surface area contributed by atoms with Crippen LogP contribution in [0.25, 0.3) is 0 Å². The fraction of sp³-hybridized carbons (Fsp3) is 0.286. The van der Waals surface area contributed by atoms with Gasteiger partial charge < -0.3 is 5.73 Å². The Morgan fingerprint density at radius 2 is 1.82 bits per heavy atom. The van der Waals surface area contributed by atoms with Gasteiger partial charge in [0.2, 0.25) is 0 Å². The van der Waals surface area contributed by atoms with E-state index in [1.807, 2.05) is 0 Å². The molecule has 1 amide bonds. The van der Waals surface area contributed by atoms with E-state index in [-0.39, 0.29) is 0 Å². The van der Waals surface area contributed by atoms with Crippen LogP contribution in [0.2, 0.25) is 0 Å². The molecule has 4 heteroatoms. The first-order valence-corrected chi connectivity index (χ1v) is 3.21. The molecule has 4 nitrogen and oxygen atoms in total.